The van der Waals surface area contributed by atoms with Crippen LogP contribution in [0.1, 0.15) is 24.0 Å². The number of fused-ring (bicyclic) bond motifs is 1. The molecule has 2 amide bonds. The average molecular weight is 632 g/mol. The van der Waals surface area contributed by atoms with Gasteiger partial charge in [0.05, 0.1) is 30.3 Å². The Morgan fingerprint density at radius 3 is 2.53 bits per heavy atom. The summed E-state index contributed by atoms with van der Waals surface area (Å²) in [5, 5.41) is 20.6. The number of hydrogen-bond acceptors (Lipinski definition) is 7. The van der Waals surface area contributed by atoms with Gasteiger partial charge in [-0.3, -0.25) is 19.6 Å². The van der Waals surface area contributed by atoms with Crippen LogP contribution in [-0.2, 0) is 16.2 Å². The zero-order chi connectivity index (χ0) is 32.3. The first-order chi connectivity index (χ1) is 22.9. The van der Waals surface area contributed by atoms with Crippen molar-refractivity contribution in [3.05, 3.63) is 102 Å². The number of aromatic amines is 1. The minimum Gasteiger partial charge on any atom is -0.392 e. The molecule has 3 N–H and O–H groups in total. The van der Waals surface area contributed by atoms with Crippen LogP contribution in [-0.4, -0.2) is 79.6 Å². The molecule has 1 atom stereocenters. The Kier molecular flexibility index (Phi) is 8.56. The van der Waals surface area contributed by atoms with Crippen molar-refractivity contribution in [1.29, 1.82) is 0 Å². The fourth-order valence-corrected chi connectivity index (χ4v) is 6.32. The lowest BCUT2D eigenvalue weighted by atomic mass is 9.98. The molecule has 0 saturated carbocycles. The van der Waals surface area contributed by atoms with Crippen molar-refractivity contribution in [2.45, 2.75) is 19.4 Å². The molecule has 0 radical (unpaired) electrons. The highest BCUT2D eigenvalue weighted by Crippen LogP contribution is 2.31. The van der Waals surface area contributed by atoms with Crippen molar-refractivity contribution in [3.63, 3.8) is 0 Å². The molecule has 1 unspecified atom stereocenters. The lowest BCUT2D eigenvalue weighted by molar-refractivity contribution is -0.132. The maximum atomic E-state index is 13.9. The molecule has 238 valence electrons. The van der Waals surface area contributed by atoms with Crippen LogP contribution in [0, 0.1) is 11.7 Å². The highest BCUT2D eigenvalue weighted by molar-refractivity contribution is 5.99. The smallest absolute Gasteiger partial charge is 0.237 e. The molecule has 2 aliphatic heterocycles. The number of hydrogen-bond donors (Lipinski definition) is 3. The predicted molar refractivity (Wildman–Crippen MR) is 177 cm³/mol. The molecule has 5 aromatic rings. The molecular weight excluding hydrogens is 597 g/mol. The molecule has 0 bridgehead atoms. The number of rotatable bonds is 8. The molecule has 10 nitrogen and oxygen atoms in total. The second-order valence-electron chi connectivity index (χ2n) is 12.0. The van der Waals surface area contributed by atoms with E-state index in [2.05, 4.69) is 48.6 Å². The van der Waals surface area contributed by atoms with Crippen LogP contribution < -0.4 is 5.32 Å². The number of aliphatic hydroxyl groups excluding tert-OH is 1. The maximum absolute atomic E-state index is 13.9. The molecule has 11 heteroatoms. The third-order valence-corrected chi connectivity index (χ3v) is 8.96. The number of aromatic nitrogens is 4. The largest absolute Gasteiger partial charge is 0.392 e. The van der Waals surface area contributed by atoms with Crippen LogP contribution in [0.15, 0.2) is 85.2 Å². The third-order valence-electron chi connectivity index (χ3n) is 8.96. The molecule has 1 saturated heterocycles. The summed E-state index contributed by atoms with van der Waals surface area (Å²) in [5.74, 6) is -0.0361. The van der Waals surface area contributed by atoms with Gasteiger partial charge < -0.3 is 15.3 Å². The lowest BCUT2D eigenvalue weighted by Crippen LogP contribution is -2.41. The highest BCUT2D eigenvalue weighted by atomic mass is 19.1. The second kappa shape index (κ2) is 13.2. The molecule has 1 fully saturated rings. The molecule has 47 heavy (non-hydrogen) atoms. The van der Waals surface area contributed by atoms with E-state index in [9.17, 15) is 19.1 Å². The zero-order valence-electron chi connectivity index (χ0n) is 25.7. The van der Waals surface area contributed by atoms with Gasteiger partial charge in [0, 0.05) is 59.8 Å². The van der Waals surface area contributed by atoms with E-state index in [0.717, 1.165) is 28.5 Å². The Balaban J connectivity index is 0.928. The van der Waals surface area contributed by atoms with E-state index in [1.807, 2.05) is 35.2 Å². The maximum Gasteiger partial charge on any atom is 0.237 e. The third kappa shape index (κ3) is 6.53. The number of nitrogens with zero attached hydrogens (tertiary/aromatic N) is 5. The van der Waals surface area contributed by atoms with Crippen molar-refractivity contribution in [2.24, 2.45) is 5.92 Å². The number of aliphatic hydroxyl groups is 1. The van der Waals surface area contributed by atoms with Gasteiger partial charge in [-0.15, -0.1) is 0 Å². The van der Waals surface area contributed by atoms with Crippen molar-refractivity contribution < 1.29 is 19.1 Å². The van der Waals surface area contributed by atoms with Gasteiger partial charge in [0.1, 0.15) is 5.82 Å². The minimum atomic E-state index is -0.476. The number of halogens is 1. The van der Waals surface area contributed by atoms with E-state index < -0.39 is 12.4 Å². The van der Waals surface area contributed by atoms with Crippen LogP contribution in [0.2, 0.25) is 0 Å². The standard InChI is InChI=1S/C36H34FN7O3/c37-31-8-6-26(18-28(31)22-45)34-30-19-29(7-9-32(30)41-42-34)40-36(47)27-10-15-43(20-27)21-33(46)44-16-11-24(12-17-44)23-2-4-25(5-3-23)35-38-13-1-14-39-35/h1-9,11,13-14,18-19,27,45H,10,12,15-17,20-22H2,(H,40,47)(H,41,42). The van der Waals surface area contributed by atoms with Gasteiger partial charge in [0.2, 0.25) is 11.8 Å². The minimum absolute atomic E-state index is 0.0704. The van der Waals surface area contributed by atoms with Gasteiger partial charge in [-0.2, -0.15) is 5.10 Å². The van der Waals surface area contributed by atoms with E-state index in [4.69, 9.17) is 0 Å². The van der Waals surface area contributed by atoms with Crippen LogP contribution in [0.3, 0.4) is 0 Å². The van der Waals surface area contributed by atoms with Crippen LogP contribution in [0.25, 0.3) is 39.1 Å². The Labute approximate surface area is 271 Å². The summed E-state index contributed by atoms with van der Waals surface area (Å²) >= 11 is 0. The topological polar surface area (TPSA) is 127 Å². The average Bonchev–Trinajstić information content (AvgIpc) is 3.76. The van der Waals surface area contributed by atoms with Crippen molar-refractivity contribution >= 4 is 34.0 Å². The Hall–Kier alpha value is -5.26. The number of nitrogens with one attached hydrogen (secondary N) is 2. The molecule has 4 heterocycles. The fourth-order valence-electron chi connectivity index (χ4n) is 6.32. The summed E-state index contributed by atoms with van der Waals surface area (Å²) in [6.45, 7) is 2.29. The Bertz CT molecular complexity index is 1960. The second-order valence-corrected chi connectivity index (χ2v) is 12.0. The summed E-state index contributed by atoms with van der Waals surface area (Å²) in [4.78, 5) is 39.0. The van der Waals surface area contributed by atoms with Gasteiger partial charge >= 0.3 is 0 Å². The normalized spacial score (nSPS) is 16.8. The van der Waals surface area contributed by atoms with Crippen molar-refractivity contribution in [2.75, 3.05) is 38.0 Å². The van der Waals surface area contributed by atoms with Gasteiger partial charge in [-0.1, -0.05) is 30.3 Å². The van der Waals surface area contributed by atoms with Crippen molar-refractivity contribution in [1.82, 2.24) is 30.0 Å². The van der Waals surface area contributed by atoms with Crippen LogP contribution in [0.4, 0.5) is 10.1 Å². The zero-order valence-corrected chi connectivity index (χ0v) is 25.7. The number of benzene rings is 3. The lowest BCUT2D eigenvalue weighted by Gasteiger charge is -2.28. The Morgan fingerprint density at radius 2 is 1.77 bits per heavy atom. The summed E-state index contributed by atoms with van der Waals surface area (Å²) in [6.07, 6.45) is 7.04. The van der Waals surface area contributed by atoms with E-state index in [0.29, 0.717) is 55.4 Å². The van der Waals surface area contributed by atoms with E-state index >= 15 is 0 Å². The van der Waals surface area contributed by atoms with E-state index in [-0.39, 0.29) is 29.8 Å². The molecule has 2 aromatic heterocycles. The van der Waals surface area contributed by atoms with Crippen LogP contribution >= 0.6 is 0 Å². The summed E-state index contributed by atoms with van der Waals surface area (Å²) in [7, 11) is 0. The first-order valence-electron chi connectivity index (χ1n) is 15.7. The molecule has 0 spiro atoms. The first kappa shape index (κ1) is 30.4. The number of amides is 2. The van der Waals surface area contributed by atoms with Gasteiger partial charge in [0.25, 0.3) is 0 Å². The number of carbonyl (C=O) groups is 2. The number of anilines is 1. The molecule has 7 rings (SSSR count). The first-order valence-corrected chi connectivity index (χ1v) is 15.7. The summed E-state index contributed by atoms with van der Waals surface area (Å²) in [6, 6.07) is 20.0. The number of carbonyl (C=O) groups excluding carboxylic acids is 2. The number of H-pyrrole nitrogens is 1. The van der Waals surface area contributed by atoms with Gasteiger partial charge in [-0.25, -0.2) is 14.4 Å². The molecular formula is C36H34FN7O3. The highest BCUT2D eigenvalue weighted by Gasteiger charge is 2.31. The SMILES string of the molecule is O=C(Nc1ccc2[nH]nc(-c3ccc(F)c(CO)c3)c2c1)C1CCN(CC(=O)N2CC=C(c3ccc(-c4ncccn4)cc3)CC2)C1. The van der Waals surface area contributed by atoms with Crippen molar-refractivity contribution in [3.8, 4) is 22.6 Å². The number of likely N-dealkylation sites (tertiary alicyclic amines) is 1. The quantitative estimate of drug-likeness (QED) is 0.223. The van der Waals surface area contributed by atoms with Gasteiger partial charge in [-0.05, 0) is 73.0 Å². The predicted octanol–water partition coefficient (Wildman–Crippen LogP) is 4.89. The molecule has 0 aliphatic carbocycles. The summed E-state index contributed by atoms with van der Waals surface area (Å²) < 4.78 is 13.9. The fraction of sp³-hybridized carbons (Fsp3) is 0.250. The Morgan fingerprint density at radius 1 is 0.979 bits per heavy atom. The summed E-state index contributed by atoms with van der Waals surface area (Å²) in [5.41, 5.74) is 6.18. The van der Waals surface area contributed by atoms with E-state index in [1.165, 1.54) is 11.6 Å². The molecule has 3 aromatic carbocycles. The molecule has 2 aliphatic rings. The van der Waals surface area contributed by atoms with Crippen LogP contribution in [0.5, 0.6) is 0 Å². The monoisotopic (exact) mass is 631 g/mol. The van der Waals surface area contributed by atoms with Gasteiger partial charge in [0.15, 0.2) is 5.82 Å². The van der Waals surface area contributed by atoms with E-state index in [1.54, 1.807) is 30.6 Å².